The van der Waals surface area contributed by atoms with E-state index in [4.69, 9.17) is 5.26 Å². The molecule has 1 atom stereocenters. The summed E-state index contributed by atoms with van der Waals surface area (Å²) < 4.78 is 1.00. The third kappa shape index (κ3) is 7.62. The van der Waals surface area contributed by atoms with Crippen LogP contribution in [0.5, 0.6) is 0 Å². The summed E-state index contributed by atoms with van der Waals surface area (Å²) in [5.41, 5.74) is -0.222. The molecule has 5 rings (SSSR count). The Bertz CT molecular complexity index is 1490. The molecule has 1 saturated heterocycles. The maximum atomic E-state index is 13.9. The number of piperazine rings is 1. The van der Waals surface area contributed by atoms with E-state index in [1.165, 1.54) is 11.3 Å². The van der Waals surface area contributed by atoms with Crippen LogP contribution in [-0.4, -0.2) is 84.3 Å². The van der Waals surface area contributed by atoms with Crippen LogP contribution in [0.1, 0.15) is 47.3 Å². The van der Waals surface area contributed by atoms with Crippen molar-refractivity contribution in [3.63, 3.8) is 0 Å². The van der Waals surface area contributed by atoms with Gasteiger partial charge in [-0.05, 0) is 35.9 Å². The zero-order chi connectivity index (χ0) is 30.9. The van der Waals surface area contributed by atoms with Gasteiger partial charge in [0.15, 0.2) is 0 Å². The van der Waals surface area contributed by atoms with Gasteiger partial charge in [-0.3, -0.25) is 24.1 Å². The van der Waals surface area contributed by atoms with Gasteiger partial charge in [-0.15, -0.1) is 11.3 Å². The van der Waals surface area contributed by atoms with Gasteiger partial charge in [0.25, 0.3) is 5.91 Å². The highest BCUT2D eigenvalue weighted by Crippen LogP contribution is 2.32. The average molecular weight is 615 g/mol. The van der Waals surface area contributed by atoms with Crippen molar-refractivity contribution >= 4 is 45.1 Å². The molecular formula is C33H38N6O4S. The first-order valence-corrected chi connectivity index (χ1v) is 16.0. The van der Waals surface area contributed by atoms with Gasteiger partial charge in [-0.1, -0.05) is 61.4 Å². The Morgan fingerprint density at radius 2 is 1.66 bits per heavy atom. The molecule has 230 valence electrons. The van der Waals surface area contributed by atoms with Gasteiger partial charge in [0, 0.05) is 50.3 Å². The number of carbonyl (C=O) groups excluding carboxylic acids is 4. The van der Waals surface area contributed by atoms with Crippen LogP contribution in [0.2, 0.25) is 0 Å². The summed E-state index contributed by atoms with van der Waals surface area (Å²) in [5.74, 6) is -1.09. The van der Waals surface area contributed by atoms with Crippen LogP contribution in [0.4, 0.5) is 0 Å². The number of rotatable bonds is 11. The first-order valence-electron chi connectivity index (χ1n) is 15.2. The van der Waals surface area contributed by atoms with Crippen LogP contribution in [0.15, 0.2) is 60.7 Å². The van der Waals surface area contributed by atoms with Gasteiger partial charge in [0.05, 0.1) is 17.5 Å². The summed E-state index contributed by atoms with van der Waals surface area (Å²) in [7, 11) is 0. The predicted octanol–water partition coefficient (Wildman–Crippen LogP) is 2.85. The minimum atomic E-state index is -1.11. The first kappa shape index (κ1) is 31.2. The second kappa shape index (κ2) is 14.5. The molecule has 0 radical (unpaired) electrons. The number of benzene rings is 2. The van der Waals surface area contributed by atoms with Crippen LogP contribution in [0.25, 0.3) is 10.1 Å². The number of nitriles is 1. The molecule has 44 heavy (non-hydrogen) atoms. The maximum absolute atomic E-state index is 13.9. The zero-order valence-corrected chi connectivity index (χ0v) is 25.5. The Morgan fingerprint density at radius 3 is 2.36 bits per heavy atom. The van der Waals surface area contributed by atoms with Crippen molar-refractivity contribution in [3.05, 3.63) is 71.1 Å². The largest absolute Gasteiger partial charge is 0.354 e. The molecule has 2 aromatic carbocycles. The van der Waals surface area contributed by atoms with Gasteiger partial charge in [-0.25, -0.2) is 0 Å². The van der Waals surface area contributed by atoms with Gasteiger partial charge >= 0.3 is 0 Å². The fourth-order valence-corrected chi connectivity index (χ4v) is 6.90. The highest BCUT2D eigenvalue weighted by Gasteiger charge is 2.44. The molecule has 3 aromatic rings. The Hall–Kier alpha value is -4.27. The maximum Gasteiger partial charge on any atom is 0.262 e. The Kier molecular flexibility index (Phi) is 10.2. The number of nitrogens with one attached hydrogen (secondary N) is 3. The van der Waals surface area contributed by atoms with E-state index in [-0.39, 0.29) is 43.0 Å². The fraction of sp³-hybridized carbons (Fsp3) is 0.424. The van der Waals surface area contributed by atoms with E-state index in [0.717, 1.165) is 28.5 Å². The molecule has 4 amide bonds. The lowest BCUT2D eigenvalue weighted by molar-refractivity contribution is -0.134. The molecule has 2 heterocycles. The van der Waals surface area contributed by atoms with Crippen LogP contribution < -0.4 is 16.0 Å². The molecule has 0 spiro atoms. The minimum absolute atomic E-state index is 0.0561. The van der Waals surface area contributed by atoms with Crippen molar-refractivity contribution < 1.29 is 19.2 Å². The van der Waals surface area contributed by atoms with E-state index in [2.05, 4.69) is 22.0 Å². The third-order valence-electron chi connectivity index (χ3n) is 8.46. The zero-order valence-electron chi connectivity index (χ0n) is 24.7. The van der Waals surface area contributed by atoms with Crippen molar-refractivity contribution in [1.29, 1.82) is 5.26 Å². The molecule has 0 unspecified atom stereocenters. The van der Waals surface area contributed by atoms with Crippen molar-refractivity contribution in [1.82, 2.24) is 25.8 Å². The molecule has 11 heteroatoms. The van der Waals surface area contributed by atoms with E-state index >= 15 is 0 Å². The summed E-state index contributed by atoms with van der Waals surface area (Å²) in [6, 6.07) is 20.3. The summed E-state index contributed by atoms with van der Waals surface area (Å²) in [4.78, 5) is 57.8. The van der Waals surface area contributed by atoms with E-state index in [9.17, 15) is 19.2 Å². The third-order valence-corrected chi connectivity index (χ3v) is 9.57. The lowest BCUT2D eigenvalue weighted by Gasteiger charge is -2.33. The van der Waals surface area contributed by atoms with Crippen molar-refractivity contribution in [3.8, 4) is 6.07 Å². The molecule has 1 aromatic heterocycles. The molecular weight excluding hydrogens is 576 g/mol. The molecule has 1 aliphatic carbocycles. The molecule has 0 bridgehead atoms. The Balaban J connectivity index is 1.22. The lowest BCUT2D eigenvalue weighted by Crippen LogP contribution is -2.61. The first-order chi connectivity index (χ1) is 21.4. The van der Waals surface area contributed by atoms with E-state index < -0.39 is 11.6 Å². The number of hydrogen-bond acceptors (Lipinski definition) is 7. The summed E-state index contributed by atoms with van der Waals surface area (Å²) in [5, 5.41) is 18.7. The van der Waals surface area contributed by atoms with Gasteiger partial charge in [0.2, 0.25) is 17.7 Å². The molecule has 2 fully saturated rings. The standard InChI is InChI=1S/C33H38N6O4S/c34-15-17-38-18-20-39(21-19-38)29(40)12-16-35-30(41)26(22-24-8-2-1-3-9-24)36-32(43)33(13-6-7-14-33)37-31(42)28-23-25-10-4-5-11-27(25)44-28/h1-5,8-11,23,26H,6-7,12-14,16-22H2,(H,35,41)(H,36,43)(H,37,42)/t26-/m1/s1. The molecule has 3 N–H and O–H groups in total. The van der Waals surface area contributed by atoms with E-state index in [1.54, 1.807) is 4.90 Å². The topological polar surface area (TPSA) is 135 Å². The van der Waals surface area contributed by atoms with Crippen molar-refractivity contribution in [2.45, 2.75) is 50.1 Å². The quantitative estimate of drug-likeness (QED) is 0.285. The lowest BCUT2D eigenvalue weighted by atomic mass is 9.94. The second-order valence-electron chi connectivity index (χ2n) is 11.5. The van der Waals surface area contributed by atoms with Crippen LogP contribution >= 0.6 is 11.3 Å². The normalized spacial score (nSPS) is 17.0. The highest BCUT2D eigenvalue weighted by atomic mass is 32.1. The monoisotopic (exact) mass is 614 g/mol. The van der Waals surface area contributed by atoms with E-state index in [0.29, 0.717) is 50.4 Å². The highest BCUT2D eigenvalue weighted by molar-refractivity contribution is 7.20. The van der Waals surface area contributed by atoms with Crippen molar-refractivity contribution in [2.75, 3.05) is 39.3 Å². The summed E-state index contributed by atoms with van der Waals surface area (Å²) in [6.07, 6.45) is 2.99. The van der Waals surface area contributed by atoms with E-state index in [1.807, 2.05) is 65.6 Å². The number of carbonyl (C=O) groups is 4. The smallest absolute Gasteiger partial charge is 0.262 e. The van der Waals surface area contributed by atoms with Gasteiger partial charge < -0.3 is 20.9 Å². The molecule has 1 aliphatic heterocycles. The second-order valence-corrected chi connectivity index (χ2v) is 12.5. The Labute approximate surface area is 261 Å². The van der Waals surface area contributed by atoms with Crippen molar-refractivity contribution in [2.24, 2.45) is 0 Å². The fourth-order valence-electron chi connectivity index (χ4n) is 5.94. The molecule has 10 nitrogen and oxygen atoms in total. The Morgan fingerprint density at radius 1 is 0.955 bits per heavy atom. The number of thiophene rings is 1. The average Bonchev–Trinajstić information content (AvgIpc) is 3.70. The minimum Gasteiger partial charge on any atom is -0.354 e. The number of fused-ring (bicyclic) bond motifs is 1. The summed E-state index contributed by atoms with van der Waals surface area (Å²) >= 11 is 1.39. The van der Waals surface area contributed by atoms with Crippen LogP contribution in [-0.2, 0) is 20.8 Å². The summed E-state index contributed by atoms with van der Waals surface area (Å²) in [6.45, 7) is 2.90. The van der Waals surface area contributed by atoms with Crippen LogP contribution in [0.3, 0.4) is 0 Å². The number of nitrogens with zero attached hydrogens (tertiary/aromatic N) is 3. The van der Waals surface area contributed by atoms with Gasteiger partial charge in [-0.2, -0.15) is 5.26 Å². The van der Waals surface area contributed by atoms with Crippen LogP contribution in [0, 0.1) is 11.3 Å². The SMILES string of the molecule is N#CCN1CCN(C(=O)CCNC(=O)[C@@H](Cc2ccccc2)NC(=O)C2(NC(=O)c3cc4ccccc4s3)CCCC2)CC1. The molecule has 2 aliphatic rings. The number of hydrogen-bond donors (Lipinski definition) is 3. The predicted molar refractivity (Wildman–Crippen MR) is 169 cm³/mol. The van der Waals surface area contributed by atoms with Gasteiger partial charge in [0.1, 0.15) is 11.6 Å². The molecule has 1 saturated carbocycles. The number of amides is 4.